The summed E-state index contributed by atoms with van der Waals surface area (Å²) < 4.78 is 2.69. The van der Waals surface area contributed by atoms with E-state index >= 15 is 0 Å². The number of halogens is 1. The maximum Gasteiger partial charge on any atom is 0.277 e. The molecule has 2 N–H and O–H groups in total. The maximum atomic E-state index is 12.6. The van der Waals surface area contributed by atoms with Crippen molar-refractivity contribution < 1.29 is 0 Å². The van der Waals surface area contributed by atoms with Crippen LogP contribution in [0.15, 0.2) is 57.6 Å². The number of pyridine rings is 1. The first-order chi connectivity index (χ1) is 11.0. The highest BCUT2D eigenvalue weighted by atomic mass is 35.5. The Kier molecular flexibility index (Phi) is 3.71. The zero-order valence-corrected chi connectivity index (χ0v) is 12.5. The van der Waals surface area contributed by atoms with Gasteiger partial charge in [-0.15, -0.1) is 4.91 Å². The zero-order valence-electron chi connectivity index (χ0n) is 11.8. The van der Waals surface area contributed by atoms with Crippen LogP contribution in [0.25, 0.3) is 5.52 Å². The van der Waals surface area contributed by atoms with Crippen LogP contribution in [0.3, 0.4) is 0 Å². The van der Waals surface area contributed by atoms with Crippen molar-refractivity contribution in [3.05, 3.63) is 78.9 Å². The number of rotatable bonds is 3. The number of nitrogens with zero attached hydrogens (tertiary/aromatic N) is 3. The highest BCUT2D eigenvalue weighted by Crippen LogP contribution is 2.15. The lowest BCUT2D eigenvalue weighted by Crippen LogP contribution is -2.25. The van der Waals surface area contributed by atoms with Crippen molar-refractivity contribution in [3.8, 4) is 0 Å². The Morgan fingerprint density at radius 1 is 1.22 bits per heavy atom. The van der Waals surface area contributed by atoms with Gasteiger partial charge >= 0.3 is 0 Å². The molecule has 7 nitrogen and oxygen atoms in total. The largest absolute Gasteiger partial charge is 0.394 e. The first-order valence-electron chi connectivity index (χ1n) is 6.63. The molecule has 1 aromatic carbocycles. The number of benzene rings is 1. The Balaban J connectivity index is 2.23. The molecule has 116 valence electrons. The Morgan fingerprint density at radius 3 is 2.70 bits per heavy atom. The van der Waals surface area contributed by atoms with E-state index in [0.29, 0.717) is 5.02 Å². The average molecular weight is 331 g/mol. The Bertz CT molecular complexity index is 1040. The van der Waals surface area contributed by atoms with Crippen molar-refractivity contribution in [3.63, 3.8) is 0 Å². The van der Waals surface area contributed by atoms with E-state index in [9.17, 15) is 14.5 Å². The van der Waals surface area contributed by atoms with Crippen LogP contribution in [-0.2, 0) is 6.54 Å². The minimum absolute atomic E-state index is 0.108. The number of anilines is 1. The fraction of sp³-hybridized carbons (Fsp3) is 0.0667. The smallest absolute Gasteiger partial charge is 0.277 e. The highest BCUT2D eigenvalue weighted by Gasteiger charge is 2.14. The molecule has 0 aliphatic heterocycles. The molecule has 0 bridgehead atoms. The van der Waals surface area contributed by atoms with Crippen molar-refractivity contribution >= 4 is 28.5 Å². The van der Waals surface area contributed by atoms with E-state index < -0.39 is 16.7 Å². The van der Waals surface area contributed by atoms with Gasteiger partial charge in [0, 0.05) is 23.6 Å². The Hall–Kier alpha value is -2.93. The number of nitrogens with two attached hydrogens (primary N) is 1. The van der Waals surface area contributed by atoms with E-state index in [1.165, 1.54) is 27.6 Å². The lowest BCUT2D eigenvalue weighted by Gasteiger charge is -2.10. The van der Waals surface area contributed by atoms with Crippen molar-refractivity contribution in [1.29, 1.82) is 0 Å². The second-order valence-electron chi connectivity index (χ2n) is 4.97. The summed E-state index contributed by atoms with van der Waals surface area (Å²) in [4.78, 5) is 35.4. The molecule has 0 amide bonds. The number of aromatic nitrogens is 2. The number of hydrogen-bond acceptors (Lipinski definition) is 5. The van der Waals surface area contributed by atoms with Gasteiger partial charge in [-0.25, -0.2) is 0 Å². The predicted molar refractivity (Wildman–Crippen MR) is 88.3 cm³/mol. The van der Waals surface area contributed by atoms with Gasteiger partial charge in [0.2, 0.25) is 5.43 Å². The molecule has 0 unspecified atom stereocenters. The standard InChI is InChI=1S/C15H11ClN4O3/c16-10-3-1-2-9(6-10)7-20-5-4-19-8-11(17)14(21)12(18-23)13(19)15(20)22/h1-6,8H,7,17H2. The van der Waals surface area contributed by atoms with Crippen LogP contribution in [-0.4, -0.2) is 8.97 Å². The number of fused-ring (bicyclic) bond motifs is 1. The quantitative estimate of drug-likeness (QED) is 0.744. The molecular weight excluding hydrogens is 320 g/mol. The van der Waals surface area contributed by atoms with Gasteiger partial charge in [-0.1, -0.05) is 23.7 Å². The molecule has 3 rings (SSSR count). The fourth-order valence-corrected chi connectivity index (χ4v) is 2.58. The summed E-state index contributed by atoms with van der Waals surface area (Å²) in [6.45, 7) is 0.243. The van der Waals surface area contributed by atoms with E-state index in [4.69, 9.17) is 17.3 Å². The van der Waals surface area contributed by atoms with Gasteiger partial charge in [0.1, 0.15) is 5.52 Å². The molecule has 3 aromatic rings. The first-order valence-corrected chi connectivity index (χ1v) is 7.01. The molecule has 2 heterocycles. The minimum atomic E-state index is -0.752. The van der Waals surface area contributed by atoms with Crippen LogP contribution in [0.5, 0.6) is 0 Å². The van der Waals surface area contributed by atoms with Gasteiger partial charge in [0.05, 0.1) is 12.2 Å². The summed E-state index contributed by atoms with van der Waals surface area (Å²) in [5, 5.41) is 3.24. The summed E-state index contributed by atoms with van der Waals surface area (Å²) >= 11 is 5.93. The second kappa shape index (κ2) is 5.69. The minimum Gasteiger partial charge on any atom is -0.394 e. The third-order valence-corrected chi connectivity index (χ3v) is 3.68. The molecule has 23 heavy (non-hydrogen) atoms. The molecule has 8 heteroatoms. The SMILES string of the molecule is Nc1cn2ccn(Cc3cccc(Cl)c3)c(=O)c2c(N=O)c1=O. The molecule has 0 fully saturated rings. The molecule has 0 aliphatic rings. The molecule has 0 aliphatic carbocycles. The van der Waals surface area contributed by atoms with E-state index in [2.05, 4.69) is 5.18 Å². The van der Waals surface area contributed by atoms with Crippen LogP contribution < -0.4 is 16.7 Å². The summed E-state index contributed by atoms with van der Waals surface area (Å²) in [6.07, 6.45) is 4.36. The number of nitrogen functional groups attached to an aromatic ring is 1. The second-order valence-corrected chi connectivity index (χ2v) is 5.41. The van der Waals surface area contributed by atoms with Crippen molar-refractivity contribution in [2.45, 2.75) is 6.54 Å². The molecule has 0 saturated carbocycles. The number of hydrogen-bond donors (Lipinski definition) is 1. The van der Waals surface area contributed by atoms with E-state index in [1.54, 1.807) is 18.2 Å². The fourth-order valence-electron chi connectivity index (χ4n) is 2.37. The van der Waals surface area contributed by atoms with Crippen molar-refractivity contribution in [1.82, 2.24) is 8.97 Å². The third-order valence-electron chi connectivity index (χ3n) is 3.44. The lowest BCUT2D eigenvalue weighted by atomic mass is 10.2. The molecule has 0 radical (unpaired) electrons. The molecule has 0 saturated heterocycles. The molecular formula is C15H11ClN4O3. The van der Waals surface area contributed by atoms with Gasteiger partial charge in [-0.05, 0) is 22.9 Å². The van der Waals surface area contributed by atoms with Gasteiger partial charge in [0.15, 0.2) is 5.69 Å². The molecule has 0 spiro atoms. The topological polar surface area (TPSA) is 98.9 Å². The normalized spacial score (nSPS) is 10.8. The first kappa shape index (κ1) is 15.0. The van der Waals surface area contributed by atoms with E-state index in [-0.39, 0.29) is 17.7 Å². The summed E-state index contributed by atoms with van der Waals surface area (Å²) in [6, 6.07) is 7.04. The summed E-state index contributed by atoms with van der Waals surface area (Å²) in [7, 11) is 0. The van der Waals surface area contributed by atoms with Crippen LogP contribution in [0.1, 0.15) is 5.56 Å². The summed E-state index contributed by atoms with van der Waals surface area (Å²) in [5.41, 5.74) is 4.33. The predicted octanol–water partition coefficient (Wildman–Crippen LogP) is 2.14. The van der Waals surface area contributed by atoms with Crippen molar-refractivity contribution in [2.24, 2.45) is 5.18 Å². The van der Waals surface area contributed by atoms with Crippen LogP contribution in [0.4, 0.5) is 11.4 Å². The van der Waals surface area contributed by atoms with Gasteiger partial charge < -0.3 is 14.7 Å². The monoisotopic (exact) mass is 330 g/mol. The van der Waals surface area contributed by atoms with Gasteiger partial charge in [0.25, 0.3) is 5.56 Å². The Morgan fingerprint density at radius 2 is 2.00 bits per heavy atom. The highest BCUT2D eigenvalue weighted by molar-refractivity contribution is 6.30. The number of nitroso groups, excluding NO2 is 1. The van der Waals surface area contributed by atoms with E-state index in [0.717, 1.165) is 5.56 Å². The van der Waals surface area contributed by atoms with Crippen LogP contribution in [0.2, 0.25) is 5.02 Å². The average Bonchev–Trinajstić information content (AvgIpc) is 2.52. The van der Waals surface area contributed by atoms with Crippen molar-refractivity contribution in [2.75, 3.05) is 5.73 Å². The lowest BCUT2D eigenvalue weighted by molar-refractivity contribution is 0.751. The van der Waals surface area contributed by atoms with Gasteiger partial charge in [-0.3, -0.25) is 9.59 Å². The van der Waals surface area contributed by atoms with Gasteiger partial charge in [-0.2, -0.15) is 0 Å². The zero-order chi connectivity index (χ0) is 16.6. The van der Waals surface area contributed by atoms with Crippen LogP contribution >= 0.6 is 11.6 Å². The third kappa shape index (κ3) is 2.62. The molecule has 2 aromatic heterocycles. The molecule has 0 atom stereocenters. The summed E-state index contributed by atoms with van der Waals surface area (Å²) in [5.74, 6) is 0. The van der Waals surface area contributed by atoms with E-state index in [1.807, 2.05) is 6.07 Å². The maximum absolute atomic E-state index is 12.6. The van der Waals surface area contributed by atoms with Crippen LogP contribution in [0, 0.1) is 4.91 Å². The Labute approximate surface area is 134 Å².